The molecule has 0 aromatic heterocycles. The summed E-state index contributed by atoms with van der Waals surface area (Å²) in [6.45, 7) is 6.59. The summed E-state index contributed by atoms with van der Waals surface area (Å²) >= 11 is 0. The monoisotopic (exact) mass is 1110 g/mol. The van der Waals surface area contributed by atoms with Gasteiger partial charge >= 0.3 is 17.9 Å². The van der Waals surface area contributed by atoms with Crippen LogP contribution in [0.25, 0.3) is 0 Å². The fraction of sp³-hybridized carbons (Fsp3) is 0.849. The maximum absolute atomic E-state index is 12.9. The van der Waals surface area contributed by atoms with Gasteiger partial charge in [-0.25, -0.2) is 0 Å². The normalized spacial score (nSPS) is 12.3. The lowest BCUT2D eigenvalue weighted by molar-refractivity contribution is -0.167. The van der Waals surface area contributed by atoms with Gasteiger partial charge in [0.1, 0.15) is 13.2 Å². The minimum atomic E-state index is -0.775. The summed E-state index contributed by atoms with van der Waals surface area (Å²) < 4.78 is 17.0. The van der Waals surface area contributed by atoms with Gasteiger partial charge < -0.3 is 14.2 Å². The summed E-state index contributed by atoms with van der Waals surface area (Å²) in [5.74, 6) is -0.854. The first-order chi connectivity index (χ1) is 39.0. The molecule has 0 N–H and O–H groups in total. The van der Waals surface area contributed by atoms with Crippen LogP contribution in [0.4, 0.5) is 0 Å². The molecule has 0 fully saturated rings. The summed E-state index contributed by atoms with van der Waals surface area (Å²) in [6.07, 6.45) is 85.8. The minimum Gasteiger partial charge on any atom is -0.462 e. The van der Waals surface area contributed by atoms with Crippen LogP contribution < -0.4 is 0 Å². The van der Waals surface area contributed by atoms with Crippen molar-refractivity contribution in [1.29, 1.82) is 0 Å². The Labute approximate surface area is 492 Å². The molecule has 6 nitrogen and oxygen atoms in total. The second kappa shape index (κ2) is 67.9. The summed E-state index contributed by atoms with van der Waals surface area (Å²) in [6, 6.07) is 0. The van der Waals surface area contributed by atoms with E-state index in [0.29, 0.717) is 19.3 Å². The Morgan fingerprint density at radius 3 is 0.772 bits per heavy atom. The number of hydrogen-bond acceptors (Lipinski definition) is 6. The Kier molecular flexibility index (Phi) is 65.6. The number of hydrogen-bond donors (Lipinski definition) is 0. The van der Waals surface area contributed by atoms with E-state index in [2.05, 4.69) is 69.4 Å². The van der Waals surface area contributed by atoms with Crippen molar-refractivity contribution >= 4 is 17.9 Å². The first-order valence-electron chi connectivity index (χ1n) is 35.1. The largest absolute Gasteiger partial charge is 0.462 e. The van der Waals surface area contributed by atoms with Crippen LogP contribution in [0.1, 0.15) is 380 Å². The van der Waals surface area contributed by atoms with Crippen LogP contribution in [-0.4, -0.2) is 37.2 Å². The first-order valence-corrected chi connectivity index (χ1v) is 35.1. The maximum Gasteiger partial charge on any atom is 0.306 e. The molecule has 0 spiro atoms. The third kappa shape index (κ3) is 66.1. The van der Waals surface area contributed by atoms with Crippen LogP contribution in [0.15, 0.2) is 48.6 Å². The smallest absolute Gasteiger partial charge is 0.306 e. The molecular formula is C73H134O6. The van der Waals surface area contributed by atoms with E-state index in [1.54, 1.807) is 0 Å². The molecule has 0 radical (unpaired) electrons. The molecule has 79 heavy (non-hydrogen) atoms. The summed E-state index contributed by atoms with van der Waals surface area (Å²) in [5.41, 5.74) is 0. The number of rotatable bonds is 65. The van der Waals surface area contributed by atoms with Gasteiger partial charge in [0.15, 0.2) is 6.10 Å². The van der Waals surface area contributed by atoms with Gasteiger partial charge in [0.05, 0.1) is 0 Å². The molecule has 1 unspecified atom stereocenters. The van der Waals surface area contributed by atoms with Crippen molar-refractivity contribution in [3.05, 3.63) is 48.6 Å². The molecule has 0 saturated carbocycles. The average Bonchev–Trinajstić information content (AvgIpc) is 3.45. The fourth-order valence-electron chi connectivity index (χ4n) is 10.6. The standard InChI is InChI=1S/C73H134O6/c1-4-7-10-13-16-19-22-25-27-29-31-33-34-35-36-37-38-39-41-42-44-46-48-51-54-57-60-63-66-72(75)78-69-70(68-77-71(74)65-62-59-56-53-50-24-21-18-15-12-9-6-3)79-73(76)67-64-61-58-55-52-49-47-45-43-40-32-30-28-26-23-20-17-14-11-8-5-2/h8,11,17,20,26,28,32,40,70H,4-7,9-10,12-16,18-19,21-25,27,29-31,33-39,41-69H2,1-3H3/b11-8-,20-17-,28-26-,40-32-. The highest BCUT2D eigenvalue weighted by Gasteiger charge is 2.19. The molecule has 0 aliphatic rings. The topological polar surface area (TPSA) is 78.9 Å². The van der Waals surface area contributed by atoms with Gasteiger partial charge in [-0.2, -0.15) is 0 Å². The molecule has 0 aromatic rings. The lowest BCUT2D eigenvalue weighted by Crippen LogP contribution is -2.30. The Morgan fingerprint density at radius 2 is 0.494 bits per heavy atom. The van der Waals surface area contributed by atoms with Crippen molar-refractivity contribution in [2.45, 2.75) is 386 Å². The lowest BCUT2D eigenvalue weighted by atomic mass is 10.0. The van der Waals surface area contributed by atoms with Crippen LogP contribution in [0, 0.1) is 0 Å². The van der Waals surface area contributed by atoms with E-state index in [0.717, 1.165) is 89.9 Å². The third-order valence-corrected chi connectivity index (χ3v) is 15.8. The third-order valence-electron chi connectivity index (χ3n) is 15.8. The molecule has 0 rings (SSSR count). The van der Waals surface area contributed by atoms with E-state index < -0.39 is 6.10 Å². The molecule has 0 aliphatic heterocycles. The van der Waals surface area contributed by atoms with Gasteiger partial charge in [-0.3, -0.25) is 14.4 Å². The quantitative estimate of drug-likeness (QED) is 0.0261. The molecule has 0 aromatic carbocycles. The van der Waals surface area contributed by atoms with Crippen LogP contribution in [0.2, 0.25) is 0 Å². The Morgan fingerprint density at radius 1 is 0.266 bits per heavy atom. The lowest BCUT2D eigenvalue weighted by Gasteiger charge is -2.18. The number of ether oxygens (including phenoxy) is 3. The second-order valence-corrected chi connectivity index (χ2v) is 23.8. The van der Waals surface area contributed by atoms with Crippen molar-refractivity contribution < 1.29 is 28.6 Å². The van der Waals surface area contributed by atoms with Crippen molar-refractivity contribution in [3.8, 4) is 0 Å². The molecule has 0 aliphatic carbocycles. The molecule has 0 bridgehead atoms. The second-order valence-electron chi connectivity index (χ2n) is 23.8. The Balaban J connectivity index is 4.19. The van der Waals surface area contributed by atoms with E-state index >= 15 is 0 Å². The van der Waals surface area contributed by atoms with Crippen molar-refractivity contribution in [1.82, 2.24) is 0 Å². The van der Waals surface area contributed by atoms with Gasteiger partial charge in [0.25, 0.3) is 0 Å². The zero-order valence-corrected chi connectivity index (χ0v) is 53.2. The Hall–Kier alpha value is -2.63. The predicted molar refractivity (Wildman–Crippen MR) is 344 cm³/mol. The number of carbonyl (C=O) groups excluding carboxylic acids is 3. The van der Waals surface area contributed by atoms with E-state index in [1.165, 1.54) is 250 Å². The van der Waals surface area contributed by atoms with Crippen LogP contribution in [-0.2, 0) is 28.6 Å². The van der Waals surface area contributed by atoms with E-state index in [4.69, 9.17) is 14.2 Å². The van der Waals surface area contributed by atoms with Gasteiger partial charge in [-0.15, -0.1) is 0 Å². The summed E-state index contributed by atoms with van der Waals surface area (Å²) in [4.78, 5) is 38.4. The van der Waals surface area contributed by atoms with Gasteiger partial charge in [0, 0.05) is 19.3 Å². The summed E-state index contributed by atoms with van der Waals surface area (Å²) in [7, 11) is 0. The molecule has 0 amide bonds. The minimum absolute atomic E-state index is 0.0712. The van der Waals surface area contributed by atoms with Crippen molar-refractivity contribution in [3.63, 3.8) is 0 Å². The van der Waals surface area contributed by atoms with E-state index in [1.807, 2.05) is 0 Å². The highest BCUT2D eigenvalue weighted by atomic mass is 16.6. The predicted octanol–water partition coefficient (Wildman–Crippen LogP) is 24.1. The summed E-state index contributed by atoms with van der Waals surface area (Å²) in [5, 5.41) is 0. The van der Waals surface area contributed by atoms with Crippen LogP contribution >= 0.6 is 0 Å². The molecule has 462 valence electrons. The average molecular weight is 1110 g/mol. The molecule has 0 saturated heterocycles. The molecule has 0 heterocycles. The maximum atomic E-state index is 12.9. The van der Waals surface area contributed by atoms with Crippen LogP contribution in [0.3, 0.4) is 0 Å². The molecule has 6 heteroatoms. The zero-order valence-electron chi connectivity index (χ0n) is 53.2. The van der Waals surface area contributed by atoms with Gasteiger partial charge in [0.2, 0.25) is 0 Å². The highest BCUT2D eigenvalue weighted by molar-refractivity contribution is 5.71. The Bertz CT molecular complexity index is 1360. The van der Waals surface area contributed by atoms with Gasteiger partial charge in [-0.1, -0.05) is 352 Å². The number of allylic oxidation sites excluding steroid dienone is 8. The van der Waals surface area contributed by atoms with Gasteiger partial charge in [-0.05, 0) is 57.8 Å². The number of carbonyl (C=O) groups is 3. The fourth-order valence-corrected chi connectivity index (χ4v) is 10.6. The van der Waals surface area contributed by atoms with E-state index in [9.17, 15) is 14.4 Å². The highest BCUT2D eigenvalue weighted by Crippen LogP contribution is 2.19. The number of esters is 3. The zero-order chi connectivity index (χ0) is 57.1. The van der Waals surface area contributed by atoms with Crippen molar-refractivity contribution in [2.75, 3.05) is 13.2 Å². The van der Waals surface area contributed by atoms with E-state index in [-0.39, 0.29) is 31.1 Å². The van der Waals surface area contributed by atoms with Crippen molar-refractivity contribution in [2.24, 2.45) is 0 Å². The number of unbranched alkanes of at least 4 members (excludes halogenated alkanes) is 46. The molecular weight excluding hydrogens is 973 g/mol. The van der Waals surface area contributed by atoms with Crippen LogP contribution in [0.5, 0.6) is 0 Å². The molecule has 1 atom stereocenters. The SMILES string of the molecule is CC/C=C\C/C=C\C/C=C\C/C=C\CCCCCCCCCCC(=O)OC(COC(=O)CCCCCCCCCCCCCC)COC(=O)CCCCCCCCCCCCCCCCCCCCCCCCCCCCCC. The first kappa shape index (κ1) is 76.4.